The number of nitrogens with zero attached hydrogens (tertiary/aromatic N) is 1. The molecular weight excluding hydrogens is 248 g/mol. The summed E-state index contributed by atoms with van der Waals surface area (Å²) in [7, 11) is 0. The van der Waals surface area contributed by atoms with Crippen LogP contribution in [0.4, 0.5) is 0 Å². The van der Waals surface area contributed by atoms with E-state index >= 15 is 0 Å². The highest BCUT2D eigenvalue weighted by Crippen LogP contribution is 2.37. The van der Waals surface area contributed by atoms with Gasteiger partial charge in [-0.15, -0.1) is 0 Å². The summed E-state index contributed by atoms with van der Waals surface area (Å²) in [5.74, 6) is 2.24. The molecule has 0 amide bonds. The summed E-state index contributed by atoms with van der Waals surface area (Å²) in [4.78, 5) is 2.74. The van der Waals surface area contributed by atoms with E-state index in [9.17, 15) is 5.11 Å². The molecule has 20 heavy (non-hydrogen) atoms. The van der Waals surface area contributed by atoms with Gasteiger partial charge in [-0.2, -0.15) is 0 Å². The lowest BCUT2D eigenvalue weighted by Gasteiger charge is -2.40. The quantitative estimate of drug-likeness (QED) is 0.832. The zero-order valence-electron chi connectivity index (χ0n) is 13.1. The fourth-order valence-electron chi connectivity index (χ4n) is 4.78. The van der Waals surface area contributed by atoms with Crippen molar-refractivity contribution in [2.24, 2.45) is 17.8 Å². The number of nitrogens with one attached hydrogen (secondary N) is 1. The lowest BCUT2D eigenvalue weighted by Crippen LogP contribution is -2.46. The van der Waals surface area contributed by atoms with Gasteiger partial charge in [0, 0.05) is 18.5 Å². The van der Waals surface area contributed by atoms with Gasteiger partial charge in [0.05, 0.1) is 6.10 Å². The van der Waals surface area contributed by atoms with Gasteiger partial charge >= 0.3 is 0 Å². The highest BCUT2D eigenvalue weighted by atomic mass is 16.3. The topological polar surface area (TPSA) is 35.5 Å². The zero-order valence-corrected chi connectivity index (χ0v) is 13.1. The molecule has 4 atom stereocenters. The number of aliphatic hydroxyl groups is 1. The van der Waals surface area contributed by atoms with Gasteiger partial charge in [0.2, 0.25) is 0 Å². The number of hydrogen-bond donors (Lipinski definition) is 2. The predicted molar refractivity (Wildman–Crippen MR) is 82.7 cm³/mol. The fourth-order valence-corrected chi connectivity index (χ4v) is 4.78. The molecule has 3 aliphatic rings. The molecule has 0 spiro atoms. The number of likely N-dealkylation sites (tertiary alicyclic amines) is 1. The molecule has 0 aromatic heterocycles. The lowest BCUT2D eigenvalue weighted by atomic mass is 9.76. The summed E-state index contributed by atoms with van der Waals surface area (Å²) < 4.78 is 0. The third-order valence-corrected chi connectivity index (χ3v) is 5.98. The van der Waals surface area contributed by atoms with Crippen molar-refractivity contribution in [1.29, 1.82) is 0 Å². The third kappa shape index (κ3) is 3.37. The molecular formula is C17H32N2O. The van der Waals surface area contributed by atoms with Crippen LogP contribution >= 0.6 is 0 Å². The molecule has 2 N–H and O–H groups in total. The molecule has 0 bridgehead atoms. The Morgan fingerprint density at radius 2 is 1.90 bits per heavy atom. The Bertz CT molecular complexity index is 303. The van der Waals surface area contributed by atoms with Crippen LogP contribution in [-0.4, -0.2) is 48.3 Å². The Hall–Kier alpha value is -0.120. The highest BCUT2D eigenvalue weighted by Gasteiger charge is 2.39. The lowest BCUT2D eigenvalue weighted by molar-refractivity contribution is 0.00316. The average molecular weight is 280 g/mol. The van der Waals surface area contributed by atoms with Crippen molar-refractivity contribution in [2.45, 2.75) is 64.0 Å². The second-order valence-corrected chi connectivity index (χ2v) is 7.55. The van der Waals surface area contributed by atoms with Crippen molar-refractivity contribution >= 4 is 0 Å². The van der Waals surface area contributed by atoms with Crippen molar-refractivity contribution in [3.8, 4) is 0 Å². The number of rotatable bonds is 3. The summed E-state index contributed by atoms with van der Waals surface area (Å²) >= 11 is 0. The molecule has 116 valence electrons. The molecule has 3 nitrogen and oxygen atoms in total. The first-order chi connectivity index (χ1) is 9.74. The monoisotopic (exact) mass is 280 g/mol. The Morgan fingerprint density at radius 3 is 2.70 bits per heavy atom. The van der Waals surface area contributed by atoms with Gasteiger partial charge < -0.3 is 10.4 Å². The van der Waals surface area contributed by atoms with Crippen molar-refractivity contribution < 1.29 is 5.11 Å². The van der Waals surface area contributed by atoms with Crippen LogP contribution < -0.4 is 5.32 Å². The number of piperidine rings is 1. The minimum absolute atomic E-state index is 0.0372. The molecule has 4 unspecified atom stereocenters. The summed E-state index contributed by atoms with van der Waals surface area (Å²) in [5.41, 5.74) is 0. The number of hydrogen-bond acceptors (Lipinski definition) is 3. The van der Waals surface area contributed by atoms with Gasteiger partial charge in [0.15, 0.2) is 0 Å². The van der Waals surface area contributed by atoms with Crippen LogP contribution in [0.25, 0.3) is 0 Å². The summed E-state index contributed by atoms with van der Waals surface area (Å²) in [6.07, 6.45) is 8.80. The van der Waals surface area contributed by atoms with E-state index in [4.69, 9.17) is 0 Å². The third-order valence-electron chi connectivity index (χ3n) is 5.98. The molecule has 1 saturated carbocycles. The Balaban J connectivity index is 1.59. The molecule has 3 fully saturated rings. The first-order valence-electron chi connectivity index (χ1n) is 8.87. The first-order valence-corrected chi connectivity index (χ1v) is 8.87. The van der Waals surface area contributed by atoms with E-state index in [1.807, 2.05) is 0 Å². The second-order valence-electron chi connectivity index (χ2n) is 7.55. The maximum Gasteiger partial charge on any atom is 0.0583 e. The van der Waals surface area contributed by atoms with Crippen LogP contribution in [0.3, 0.4) is 0 Å². The molecule has 2 saturated heterocycles. The molecule has 2 aliphatic heterocycles. The maximum atomic E-state index is 10.4. The van der Waals surface area contributed by atoms with Crippen molar-refractivity contribution in [2.75, 3.05) is 26.2 Å². The Labute approximate surface area is 124 Å². The molecule has 2 heterocycles. The van der Waals surface area contributed by atoms with Crippen LogP contribution in [0.2, 0.25) is 0 Å². The van der Waals surface area contributed by atoms with Crippen molar-refractivity contribution in [1.82, 2.24) is 10.2 Å². The van der Waals surface area contributed by atoms with Gasteiger partial charge in [-0.3, -0.25) is 4.90 Å². The Kier molecular flexibility index (Phi) is 5.00. The molecule has 1 aliphatic carbocycles. The minimum Gasteiger partial charge on any atom is -0.393 e. The van der Waals surface area contributed by atoms with Crippen LogP contribution in [0.5, 0.6) is 0 Å². The van der Waals surface area contributed by atoms with E-state index in [1.54, 1.807) is 0 Å². The fraction of sp³-hybridized carbons (Fsp3) is 1.00. The van der Waals surface area contributed by atoms with E-state index < -0.39 is 0 Å². The molecule has 0 aromatic rings. The normalized spacial score (nSPS) is 41.1. The zero-order chi connectivity index (χ0) is 13.9. The van der Waals surface area contributed by atoms with E-state index in [0.717, 1.165) is 18.3 Å². The van der Waals surface area contributed by atoms with Crippen LogP contribution in [0, 0.1) is 17.8 Å². The van der Waals surface area contributed by atoms with Crippen molar-refractivity contribution in [3.05, 3.63) is 0 Å². The van der Waals surface area contributed by atoms with E-state index in [0.29, 0.717) is 12.0 Å². The van der Waals surface area contributed by atoms with Gasteiger partial charge in [-0.1, -0.05) is 6.92 Å². The largest absolute Gasteiger partial charge is 0.393 e. The average Bonchev–Trinajstić information content (AvgIpc) is 2.91. The van der Waals surface area contributed by atoms with E-state index in [1.165, 1.54) is 64.7 Å². The molecule has 0 aromatic carbocycles. The van der Waals surface area contributed by atoms with Gasteiger partial charge in [-0.25, -0.2) is 0 Å². The van der Waals surface area contributed by atoms with Crippen molar-refractivity contribution in [3.63, 3.8) is 0 Å². The van der Waals surface area contributed by atoms with Crippen LogP contribution in [-0.2, 0) is 0 Å². The van der Waals surface area contributed by atoms with Crippen LogP contribution in [0.1, 0.15) is 51.9 Å². The summed E-state index contributed by atoms with van der Waals surface area (Å²) in [5, 5.41) is 13.9. The smallest absolute Gasteiger partial charge is 0.0583 e. The molecule has 3 heteroatoms. The first kappa shape index (κ1) is 14.8. The predicted octanol–water partition coefficient (Wildman–Crippen LogP) is 2.25. The molecule has 0 radical (unpaired) electrons. The second kappa shape index (κ2) is 6.76. The minimum atomic E-state index is -0.0372. The SMILES string of the molecule is CC1CCC(O)C(C2CCCN2CC2CCNCC2)C1. The highest BCUT2D eigenvalue weighted by molar-refractivity contribution is 4.92. The van der Waals surface area contributed by atoms with Crippen LogP contribution in [0.15, 0.2) is 0 Å². The maximum absolute atomic E-state index is 10.4. The van der Waals surface area contributed by atoms with Gasteiger partial charge in [0.1, 0.15) is 0 Å². The van der Waals surface area contributed by atoms with E-state index in [-0.39, 0.29) is 6.10 Å². The number of aliphatic hydroxyl groups excluding tert-OH is 1. The molecule has 3 rings (SSSR count). The summed E-state index contributed by atoms with van der Waals surface area (Å²) in [6, 6.07) is 0.669. The van der Waals surface area contributed by atoms with Gasteiger partial charge in [0.25, 0.3) is 0 Å². The van der Waals surface area contributed by atoms with E-state index in [2.05, 4.69) is 17.1 Å². The van der Waals surface area contributed by atoms with Gasteiger partial charge in [-0.05, 0) is 76.4 Å². The Morgan fingerprint density at radius 1 is 1.10 bits per heavy atom. The summed E-state index contributed by atoms with van der Waals surface area (Å²) in [6.45, 7) is 7.32. The standard InChI is InChI=1S/C17H32N2O/c1-13-4-5-17(20)15(11-13)16-3-2-10-19(16)12-14-6-8-18-9-7-14/h13-18,20H,2-12H2,1H3.